The first-order valence-corrected chi connectivity index (χ1v) is 9.64. The van der Waals surface area contributed by atoms with E-state index in [0.717, 1.165) is 53.8 Å². The number of benzene rings is 1. The van der Waals surface area contributed by atoms with Gasteiger partial charge in [-0.25, -0.2) is 0 Å². The van der Waals surface area contributed by atoms with E-state index in [9.17, 15) is 14.7 Å². The topological polar surface area (TPSA) is 82.5 Å². The smallest absolute Gasteiger partial charge is 0.309 e. The number of hydrogen-bond acceptors (Lipinski definition) is 4. The summed E-state index contributed by atoms with van der Waals surface area (Å²) in [4.78, 5) is 31.8. The Bertz CT molecular complexity index is 964. The fourth-order valence-electron chi connectivity index (χ4n) is 5.23. The zero-order valence-electron chi connectivity index (χ0n) is 15.4. The fourth-order valence-corrected chi connectivity index (χ4v) is 5.23. The van der Waals surface area contributed by atoms with Crippen molar-refractivity contribution in [2.75, 3.05) is 13.1 Å². The number of carboxylic acid groups (broad SMARTS) is 1. The molecule has 2 bridgehead atoms. The van der Waals surface area contributed by atoms with E-state index in [2.05, 4.69) is 17.1 Å². The molecule has 0 radical (unpaired) electrons. The van der Waals surface area contributed by atoms with Crippen molar-refractivity contribution in [1.82, 2.24) is 15.2 Å². The molecule has 1 aromatic carbocycles. The molecule has 0 unspecified atom stereocenters. The summed E-state index contributed by atoms with van der Waals surface area (Å²) in [5.41, 5.74) is 2.70. The Morgan fingerprint density at radius 3 is 2.70 bits per heavy atom. The number of aromatic nitrogens is 1. The Labute approximate surface area is 157 Å². The van der Waals surface area contributed by atoms with Crippen molar-refractivity contribution in [2.45, 2.75) is 44.7 Å². The van der Waals surface area contributed by atoms with Gasteiger partial charge in [-0.1, -0.05) is 25.1 Å². The second-order valence-electron chi connectivity index (χ2n) is 8.40. The van der Waals surface area contributed by atoms with Crippen molar-refractivity contribution >= 4 is 22.8 Å². The van der Waals surface area contributed by atoms with Gasteiger partial charge < -0.3 is 10.4 Å². The van der Waals surface area contributed by atoms with Crippen LogP contribution in [0.4, 0.5) is 0 Å². The van der Waals surface area contributed by atoms with E-state index in [0.29, 0.717) is 19.3 Å². The number of hydrogen-bond donors (Lipinski definition) is 2. The molecule has 3 aliphatic carbocycles. The molecule has 2 aromatic rings. The second kappa shape index (κ2) is 5.52. The highest BCUT2D eigenvalue weighted by Crippen LogP contribution is 2.67. The zero-order valence-corrected chi connectivity index (χ0v) is 15.4. The van der Waals surface area contributed by atoms with Gasteiger partial charge in [0.25, 0.3) is 5.91 Å². The molecule has 27 heavy (non-hydrogen) atoms. The van der Waals surface area contributed by atoms with Crippen LogP contribution in [0.3, 0.4) is 0 Å². The standard InChI is InChI=1S/C21H23N3O3/c1-2-24-8-7-16-14(9-24)17(13-5-3-4-6-15(13)22-16)18(25)23-21-10-20(11-21,12-21)19(26)27/h3-6H,2,7-12H2,1H3,(H,23,25)(H,26,27). The van der Waals surface area contributed by atoms with E-state index in [4.69, 9.17) is 4.98 Å². The summed E-state index contributed by atoms with van der Waals surface area (Å²) < 4.78 is 0. The van der Waals surface area contributed by atoms with Gasteiger partial charge in [-0.2, -0.15) is 0 Å². The van der Waals surface area contributed by atoms with Gasteiger partial charge in [-0.3, -0.25) is 19.5 Å². The molecule has 140 valence electrons. The van der Waals surface area contributed by atoms with E-state index in [1.165, 1.54) is 0 Å². The van der Waals surface area contributed by atoms with E-state index in [-0.39, 0.29) is 11.4 Å². The van der Waals surface area contributed by atoms with Crippen molar-refractivity contribution in [3.63, 3.8) is 0 Å². The summed E-state index contributed by atoms with van der Waals surface area (Å²) in [6, 6.07) is 7.80. The van der Waals surface area contributed by atoms with Crippen LogP contribution in [0.2, 0.25) is 0 Å². The lowest BCUT2D eigenvalue weighted by Gasteiger charge is -2.67. The number of carbonyl (C=O) groups excluding carboxylic acids is 1. The van der Waals surface area contributed by atoms with E-state index in [1.54, 1.807) is 0 Å². The average Bonchev–Trinajstić information content (AvgIpc) is 2.60. The third-order valence-electron chi connectivity index (χ3n) is 6.66. The van der Waals surface area contributed by atoms with Gasteiger partial charge in [0.15, 0.2) is 0 Å². The number of pyridine rings is 1. The summed E-state index contributed by atoms with van der Waals surface area (Å²) >= 11 is 0. The minimum absolute atomic E-state index is 0.0820. The summed E-state index contributed by atoms with van der Waals surface area (Å²) in [5, 5.41) is 13.4. The number of fused-ring (bicyclic) bond motifs is 2. The van der Waals surface area contributed by atoms with E-state index < -0.39 is 11.4 Å². The first-order chi connectivity index (χ1) is 13.0. The largest absolute Gasteiger partial charge is 0.481 e. The number of likely N-dealkylation sites (N-methyl/N-ethyl adjacent to an activating group) is 1. The Morgan fingerprint density at radius 2 is 2.00 bits per heavy atom. The highest BCUT2D eigenvalue weighted by Gasteiger charge is 2.72. The first-order valence-electron chi connectivity index (χ1n) is 9.64. The molecule has 6 heteroatoms. The molecule has 0 spiro atoms. The molecule has 1 amide bonds. The van der Waals surface area contributed by atoms with E-state index in [1.807, 2.05) is 24.3 Å². The molecule has 2 heterocycles. The molecule has 1 aliphatic heterocycles. The van der Waals surface area contributed by atoms with Crippen molar-refractivity contribution in [2.24, 2.45) is 5.41 Å². The molecular weight excluding hydrogens is 342 g/mol. The zero-order chi connectivity index (χ0) is 18.8. The Hall–Kier alpha value is -2.47. The maximum absolute atomic E-state index is 13.3. The van der Waals surface area contributed by atoms with Gasteiger partial charge in [0.1, 0.15) is 0 Å². The molecule has 3 fully saturated rings. The Kier molecular flexibility index (Phi) is 3.41. The lowest BCUT2D eigenvalue weighted by molar-refractivity contribution is -0.196. The number of carboxylic acids is 1. The normalized spacial score (nSPS) is 28.8. The van der Waals surface area contributed by atoms with Crippen LogP contribution in [-0.2, 0) is 17.8 Å². The van der Waals surface area contributed by atoms with Crippen LogP contribution in [-0.4, -0.2) is 45.5 Å². The number of nitrogens with one attached hydrogen (secondary N) is 1. The molecule has 6 rings (SSSR count). The van der Waals surface area contributed by atoms with Gasteiger partial charge in [0.2, 0.25) is 0 Å². The number of rotatable bonds is 4. The van der Waals surface area contributed by atoms with Crippen LogP contribution < -0.4 is 5.32 Å². The minimum Gasteiger partial charge on any atom is -0.481 e. The number of nitrogens with zero attached hydrogens (tertiary/aromatic N) is 2. The Morgan fingerprint density at radius 1 is 1.26 bits per heavy atom. The molecular formula is C21H23N3O3. The summed E-state index contributed by atoms with van der Waals surface area (Å²) in [5.74, 6) is -0.814. The quantitative estimate of drug-likeness (QED) is 0.869. The van der Waals surface area contributed by atoms with Crippen LogP contribution >= 0.6 is 0 Å². The fraction of sp³-hybridized carbons (Fsp3) is 0.476. The van der Waals surface area contributed by atoms with Crippen LogP contribution in [0.5, 0.6) is 0 Å². The SMILES string of the molecule is CCN1CCc2nc3ccccc3c(C(=O)NC34CC(C(=O)O)(C3)C4)c2C1. The molecule has 1 aromatic heterocycles. The third-order valence-corrected chi connectivity index (χ3v) is 6.66. The maximum Gasteiger partial charge on any atom is 0.309 e. The average molecular weight is 365 g/mol. The predicted octanol–water partition coefficient (Wildman–Crippen LogP) is 2.35. The third kappa shape index (κ3) is 2.32. The molecule has 4 aliphatic rings. The summed E-state index contributed by atoms with van der Waals surface area (Å²) in [6.45, 7) is 4.77. The Balaban J connectivity index is 1.52. The van der Waals surface area contributed by atoms with Gasteiger partial charge in [-0.05, 0) is 31.9 Å². The molecule has 0 saturated heterocycles. The van der Waals surface area contributed by atoms with Crippen molar-refractivity contribution in [1.29, 1.82) is 0 Å². The number of para-hydroxylation sites is 1. The molecule has 2 N–H and O–H groups in total. The van der Waals surface area contributed by atoms with Crippen molar-refractivity contribution in [3.05, 3.63) is 41.1 Å². The summed E-state index contributed by atoms with van der Waals surface area (Å²) in [7, 11) is 0. The monoisotopic (exact) mass is 365 g/mol. The van der Waals surface area contributed by atoms with Gasteiger partial charge in [0.05, 0.1) is 16.5 Å². The van der Waals surface area contributed by atoms with Crippen LogP contribution in [0.1, 0.15) is 47.8 Å². The second-order valence-corrected chi connectivity index (χ2v) is 8.40. The van der Waals surface area contributed by atoms with Gasteiger partial charge >= 0.3 is 5.97 Å². The van der Waals surface area contributed by atoms with Gasteiger partial charge in [0, 0.05) is 41.7 Å². The van der Waals surface area contributed by atoms with Crippen LogP contribution in [0, 0.1) is 5.41 Å². The lowest BCUT2D eigenvalue weighted by atomic mass is 9.39. The maximum atomic E-state index is 13.3. The first kappa shape index (κ1) is 16.7. The van der Waals surface area contributed by atoms with E-state index >= 15 is 0 Å². The highest BCUT2D eigenvalue weighted by molar-refractivity contribution is 6.08. The van der Waals surface area contributed by atoms with Gasteiger partial charge in [-0.15, -0.1) is 0 Å². The highest BCUT2D eigenvalue weighted by atomic mass is 16.4. The predicted molar refractivity (Wildman–Crippen MR) is 101 cm³/mol. The molecule has 3 saturated carbocycles. The lowest BCUT2D eigenvalue weighted by Crippen LogP contribution is -2.77. The number of aliphatic carboxylic acids is 1. The van der Waals surface area contributed by atoms with Crippen LogP contribution in [0.15, 0.2) is 24.3 Å². The summed E-state index contributed by atoms with van der Waals surface area (Å²) in [6.07, 6.45) is 2.50. The molecule has 6 nitrogen and oxygen atoms in total. The van der Waals surface area contributed by atoms with Crippen molar-refractivity contribution < 1.29 is 14.7 Å². The molecule has 0 atom stereocenters. The van der Waals surface area contributed by atoms with Crippen molar-refractivity contribution in [3.8, 4) is 0 Å². The van der Waals surface area contributed by atoms with Crippen LogP contribution in [0.25, 0.3) is 10.9 Å². The number of amides is 1. The number of carbonyl (C=O) groups is 2. The minimum atomic E-state index is -0.732.